The molecule has 2 N–H and O–H groups in total. The third kappa shape index (κ3) is 5.11. The second-order valence-electron chi connectivity index (χ2n) is 4.00. The van der Waals surface area contributed by atoms with Gasteiger partial charge in [0.2, 0.25) is 5.91 Å². The normalized spacial score (nSPS) is 21.5. The Morgan fingerprint density at radius 2 is 2.00 bits per heavy atom. The van der Waals surface area contributed by atoms with E-state index in [1.807, 2.05) is 0 Å². The molecule has 0 aliphatic carbocycles. The van der Waals surface area contributed by atoms with E-state index in [-0.39, 0.29) is 5.91 Å². The van der Waals surface area contributed by atoms with Crippen LogP contribution in [0.4, 0.5) is 0 Å². The summed E-state index contributed by atoms with van der Waals surface area (Å²) in [5.74, 6) is 0.0944. The zero-order valence-electron chi connectivity index (χ0n) is 9.75. The van der Waals surface area contributed by atoms with Gasteiger partial charge in [0.1, 0.15) is 0 Å². The maximum Gasteiger partial charge on any atom is 0.233 e. The Morgan fingerprint density at radius 1 is 1.27 bits per heavy atom. The molecule has 1 aliphatic rings. The summed E-state index contributed by atoms with van der Waals surface area (Å²) in [6.45, 7) is 6.51. The van der Waals surface area contributed by atoms with E-state index in [0.717, 1.165) is 39.3 Å². The molecule has 0 aromatic heterocycles. The summed E-state index contributed by atoms with van der Waals surface area (Å²) in [4.78, 5) is 15.7. The van der Waals surface area contributed by atoms with E-state index < -0.39 is 0 Å². The van der Waals surface area contributed by atoms with Crippen LogP contribution in [0.25, 0.3) is 0 Å². The highest BCUT2D eigenvalue weighted by atomic mass is 16.1. The fraction of sp³-hybridized carbons (Fsp3) is 0.900. The van der Waals surface area contributed by atoms with E-state index in [1.165, 1.54) is 0 Å². The van der Waals surface area contributed by atoms with Crippen LogP contribution in [0.3, 0.4) is 0 Å². The highest BCUT2D eigenvalue weighted by molar-refractivity contribution is 5.77. The molecule has 1 heterocycles. The molecular weight excluding hydrogens is 192 g/mol. The maximum absolute atomic E-state index is 11.3. The number of hydrogen-bond acceptors (Lipinski definition) is 4. The van der Waals surface area contributed by atoms with Gasteiger partial charge in [0.05, 0.1) is 6.54 Å². The van der Waals surface area contributed by atoms with Gasteiger partial charge < -0.3 is 15.5 Å². The lowest BCUT2D eigenvalue weighted by molar-refractivity contribution is -0.121. The van der Waals surface area contributed by atoms with Gasteiger partial charge in [-0.05, 0) is 7.05 Å². The van der Waals surface area contributed by atoms with Crippen LogP contribution >= 0.6 is 0 Å². The lowest BCUT2D eigenvalue weighted by Gasteiger charge is -2.22. The first-order chi connectivity index (χ1) is 7.22. The van der Waals surface area contributed by atoms with E-state index in [4.69, 9.17) is 0 Å². The second kappa shape index (κ2) is 6.76. The zero-order valence-corrected chi connectivity index (χ0v) is 9.75. The number of likely N-dealkylation sites (N-methyl/N-ethyl adjacent to an activating group) is 2. The summed E-state index contributed by atoms with van der Waals surface area (Å²) in [5, 5.41) is 6.02. The van der Waals surface area contributed by atoms with Crippen molar-refractivity contribution >= 4 is 5.91 Å². The highest BCUT2D eigenvalue weighted by Crippen LogP contribution is 1.92. The SMILES string of the molecule is CNC(=O)CN1CCNCCN(C)CC1. The Labute approximate surface area is 91.8 Å². The van der Waals surface area contributed by atoms with E-state index in [2.05, 4.69) is 27.5 Å². The summed E-state index contributed by atoms with van der Waals surface area (Å²) in [6.07, 6.45) is 0. The molecule has 0 atom stereocenters. The smallest absolute Gasteiger partial charge is 0.233 e. The number of amides is 1. The standard InChI is InChI=1S/C10H22N4O/c1-11-10(15)9-14-6-4-12-3-5-13(2)7-8-14/h12H,3-9H2,1-2H3,(H,11,15). The first-order valence-corrected chi connectivity index (χ1v) is 5.54. The lowest BCUT2D eigenvalue weighted by atomic mass is 10.4. The molecule has 0 aromatic carbocycles. The third-order valence-electron chi connectivity index (χ3n) is 2.72. The molecule has 5 heteroatoms. The number of carbonyl (C=O) groups is 1. The van der Waals surface area contributed by atoms with Crippen LogP contribution in [-0.2, 0) is 4.79 Å². The monoisotopic (exact) mass is 214 g/mol. The van der Waals surface area contributed by atoms with Crippen LogP contribution < -0.4 is 10.6 Å². The molecule has 0 saturated carbocycles. The van der Waals surface area contributed by atoms with Crippen molar-refractivity contribution in [1.82, 2.24) is 20.4 Å². The molecule has 88 valence electrons. The van der Waals surface area contributed by atoms with E-state index in [0.29, 0.717) is 6.54 Å². The van der Waals surface area contributed by atoms with E-state index in [9.17, 15) is 4.79 Å². The van der Waals surface area contributed by atoms with Gasteiger partial charge >= 0.3 is 0 Å². The van der Waals surface area contributed by atoms with Gasteiger partial charge in [-0.15, -0.1) is 0 Å². The maximum atomic E-state index is 11.3. The fourth-order valence-corrected chi connectivity index (χ4v) is 1.61. The van der Waals surface area contributed by atoms with E-state index >= 15 is 0 Å². The molecule has 1 amide bonds. The fourth-order valence-electron chi connectivity index (χ4n) is 1.61. The van der Waals surface area contributed by atoms with Crippen molar-refractivity contribution in [3.63, 3.8) is 0 Å². The number of carbonyl (C=O) groups excluding carboxylic acids is 1. The van der Waals surface area contributed by atoms with Crippen LogP contribution in [0, 0.1) is 0 Å². The van der Waals surface area contributed by atoms with Crippen LogP contribution in [0.15, 0.2) is 0 Å². The average Bonchev–Trinajstić information content (AvgIpc) is 2.32. The third-order valence-corrected chi connectivity index (χ3v) is 2.72. The Bertz CT molecular complexity index is 198. The Hall–Kier alpha value is -0.650. The van der Waals surface area contributed by atoms with Crippen molar-refractivity contribution in [2.24, 2.45) is 0 Å². The highest BCUT2D eigenvalue weighted by Gasteiger charge is 2.11. The topological polar surface area (TPSA) is 47.6 Å². The zero-order chi connectivity index (χ0) is 11.1. The second-order valence-corrected chi connectivity index (χ2v) is 4.00. The summed E-state index contributed by atoms with van der Waals surface area (Å²) < 4.78 is 0. The molecule has 0 radical (unpaired) electrons. The number of hydrogen-bond donors (Lipinski definition) is 2. The lowest BCUT2D eigenvalue weighted by Crippen LogP contribution is -2.41. The van der Waals surface area contributed by atoms with Gasteiger partial charge in [0.15, 0.2) is 0 Å². The Balaban J connectivity index is 2.36. The molecular formula is C10H22N4O. The molecule has 1 rings (SSSR count). The minimum absolute atomic E-state index is 0.0944. The summed E-state index contributed by atoms with van der Waals surface area (Å²) >= 11 is 0. The molecule has 0 bridgehead atoms. The molecule has 0 aromatic rings. The quantitative estimate of drug-likeness (QED) is 0.592. The predicted molar refractivity (Wildman–Crippen MR) is 60.9 cm³/mol. The molecule has 1 aliphatic heterocycles. The summed E-state index contributed by atoms with van der Waals surface area (Å²) in [5.41, 5.74) is 0. The van der Waals surface area contributed by atoms with Gasteiger partial charge in [-0.25, -0.2) is 0 Å². The van der Waals surface area contributed by atoms with Crippen molar-refractivity contribution in [2.75, 3.05) is 59.9 Å². The van der Waals surface area contributed by atoms with Crippen LogP contribution in [0.2, 0.25) is 0 Å². The van der Waals surface area contributed by atoms with Gasteiger partial charge in [0.25, 0.3) is 0 Å². The minimum atomic E-state index is 0.0944. The molecule has 1 saturated heterocycles. The van der Waals surface area contributed by atoms with Crippen LogP contribution in [-0.4, -0.2) is 75.6 Å². The predicted octanol–water partition coefficient (Wildman–Crippen LogP) is -1.43. The van der Waals surface area contributed by atoms with E-state index in [1.54, 1.807) is 7.05 Å². The molecule has 1 fully saturated rings. The first-order valence-electron chi connectivity index (χ1n) is 5.54. The minimum Gasteiger partial charge on any atom is -0.358 e. The Morgan fingerprint density at radius 3 is 2.73 bits per heavy atom. The van der Waals surface area contributed by atoms with Gasteiger partial charge in [0, 0.05) is 46.3 Å². The average molecular weight is 214 g/mol. The van der Waals surface area contributed by atoms with Crippen molar-refractivity contribution in [1.29, 1.82) is 0 Å². The van der Waals surface area contributed by atoms with Crippen molar-refractivity contribution in [3.8, 4) is 0 Å². The van der Waals surface area contributed by atoms with Crippen LogP contribution in [0.5, 0.6) is 0 Å². The van der Waals surface area contributed by atoms with Gasteiger partial charge in [-0.2, -0.15) is 0 Å². The summed E-state index contributed by atoms with van der Waals surface area (Å²) in [7, 11) is 3.80. The molecule has 5 nitrogen and oxygen atoms in total. The number of nitrogens with zero attached hydrogens (tertiary/aromatic N) is 2. The van der Waals surface area contributed by atoms with Crippen molar-refractivity contribution < 1.29 is 4.79 Å². The molecule has 0 spiro atoms. The van der Waals surface area contributed by atoms with Crippen molar-refractivity contribution in [3.05, 3.63) is 0 Å². The van der Waals surface area contributed by atoms with Gasteiger partial charge in [-0.3, -0.25) is 9.69 Å². The molecule has 15 heavy (non-hydrogen) atoms. The van der Waals surface area contributed by atoms with Gasteiger partial charge in [-0.1, -0.05) is 0 Å². The summed E-state index contributed by atoms with van der Waals surface area (Å²) in [6, 6.07) is 0. The number of nitrogens with one attached hydrogen (secondary N) is 2. The Kier molecular flexibility index (Phi) is 5.60. The van der Waals surface area contributed by atoms with Crippen molar-refractivity contribution in [2.45, 2.75) is 0 Å². The first kappa shape index (κ1) is 12.4. The number of rotatable bonds is 2. The van der Waals surface area contributed by atoms with Crippen LogP contribution in [0.1, 0.15) is 0 Å². The largest absolute Gasteiger partial charge is 0.358 e. The molecule has 0 unspecified atom stereocenters.